The van der Waals surface area contributed by atoms with Crippen LogP contribution in [0.25, 0.3) is 0 Å². The normalized spacial score (nSPS) is 20.3. The number of alkyl halides is 3. The lowest BCUT2D eigenvalue weighted by Crippen LogP contribution is -2.46. The minimum atomic E-state index is -4.53. The molecule has 0 saturated heterocycles. The topological polar surface area (TPSA) is 55.6 Å². The van der Waals surface area contributed by atoms with E-state index in [1.54, 1.807) is 0 Å². The van der Waals surface area contributed by atoms with E-state index in [0.717, 1.165) is 0 Å². The summed E-state index contributed by atoms with van der Waals surface area (Å²) in [5.41, 5.74) is 5.39. The Kier molecular flexibility index (Phi) is 3.88. The molecule has 2 rings (SSSR count). The van der Waals surface area contributed by atoms with E-state index >= 15 is 0 Å². The van der Waals surface area contributed by atoms with Gasteiger partial charge in [-0.1, -0.05) is 19.9 Å². The minimum absolute atomic E-state index is 0.0368. The summed E-state index contributed by atoms with van der Waals surface area (Å²) in [4.78, 5) is 13.5. The van der Waals surface area contributed by atoms with Crippen LogP contribution in [0, 0.1) is 5.92 Å². The fraction of sp³-hybridized carbons (Fsp3) is 0.500. The maximum Gasteiger partial charge on any atom is 0.407 e. The first-order valence-corrected chi connectivity index (χ1v) is 6.53. The zero-order valence-electron chi connectivity index (χ0n) is 11.9. The maximum absolute atomic E-state index is 12.7. The highest BCUT2D eigenvalue weighted by Gasteiger charge is 2.39. The summed E-state index contributed by atoms with van der Waals surface area (Å²) >= 11 is 0. The van der Waals surface area contributed by atoms with Crippen molar-refractivity contribution in [3.05, 3.63) is 23.8 Å². The third-order valence-corrected chi connectivity index (χ3v) is 3.49. The van der Waals surface area contributed by atoms with E-state index in [1.165, 1.54) is 30.1 Å². The number of nitrogens with zero attached hydrogens (tertiary/aromatic N) is 1. The van der Waals surface area contributed by atoms with Crippen molar-refractivity contribution >= 4 is 11.6 Å². The Balaban J connectivity index is 2.40. The van der Waals surface area contributed by atoms with E-state index in [9.17, 15) is 18.0 Å². The summed E-state index contributed by atoms with van der Waals surface area (Å²) in [5, 5.41) is 0. The van der Waals surface area contributed by atoms with Crippen molar-refractivity contribution < 1.29 is 22.7 Å². The summed E-state index contributed by atoms with van der Waals surface area (Å²) < 4.78 is 43.6. The summed E-state index contributed by atoms with van der Waals surface area (Å²) in [6.45, 7) is 3.69. The van der Waals surface area contributed by atoms with Gasteiger partial charge >= 0.3 is 6.18 Å². The number of benzene rings is 1. The largest absolute Gasteiger partial charge is 0.478 e. The van der Waals surface area contributed by atoms with Crippen LogP contribution in [-0.2, 0) is 4.79 Å². The van der Waals surface area contributed by atoms with E-state index in [0.29, 0.717) is 11.4 Å². The summed E-state index contributed by atoms with van der Waals surface area (Å²) in [6.07, 6.45) is -5.17. The molecule has 116 valence electrons. The molecule has 0 saturated carbocycles. The Morgan fingerprint density at radius 2 is 1.95 bits per heavy atom. The number of nitrogens with two attached hydrogens (primary N) is 1. The molecule has 0 aromatic heterocycles. The lowest BCUT2D eigenvalue weighted by atomic mass is 10.0. The number of likely N-dealkylation sites (N-methyl/N-ethyl adjacent to an activating group) is 1. The second kappa shape index (κ2) is 5.22. The molecule has 21 heavy (non-hydrogen) atoms. The first-order chi connectivity index (χ1) is 9.62. The molecule has 0 bridgehead atoms. The van der Waals surface area contributed by atoms with Crippen LogP contribution >= 0.6 is 0 Å². The highest BCUT2D eigenvalue weighted by atomic mass is 19.4. The molecule has 4 nitrogen and oxygen atoms in total. The zero-order valence-corrected chi connectivity index (χ0v) is 11.9. The fourth-order valence-corrected chi connectivity index (χ4v) is 2.20. The lowest BCUT2D eigenvalue weighted by molar-refractivity contribution is -0.149. The molecule has 2 atom stereocenters. The molecular formula is C14H17F3N2O2. The van der Waals surface area contributed by atoms with Gasteiger partial charge in [0.15, 0.2) is 6.10 Å². The van der Waals surface area contributed by atoms with Crippen LogP contribution < -0.4 is 15.4 Å². The third kappa shape index (κ3) is 2.83. The molecule has 0 aliphatic carbocycles. The van der Waals surface area contributed by atoms with Crippen LogP contribution in [0.1, 0.15) is 25.5 Å². The van der Waals surface area contributed by atoms with Crippen molar-refractivity contribution in [1.29, 1.82) is 0 Å². The van der Waals surface area contributed by atoms with Gasteiger partial charge in [-0.25, -0.2) is 0 Å². The van der Waals surface area contributed by atoms with Crippen molar-refractivity contribution in [2.75, 3.05) is 11.9 Å². The molecule has 1 heterocycles. The summed E-state index contributed by atoms with van der Waals surface area (Å²) in [6, 6.07) is 1.86. The van der Waals surface area contributed by atoms with Gasteiger partial charge in [0, 0.05) is 7.05 Å². The Morgan fingerprint density at radius 1 is 1.33 bits per heavy atom. The van der Waals surface area contributed by atoms with Crippen molar-refractivity contribution in [3.8, 4) is 5.75 Å². The number of carbonyl (C=O) groups excluding carboxylic acids is 1. The maximum atomic E-state index is 12.7. The van der Waals surface area contributed by atoms with Gasteiger partial charge in [-0.05, 0) is 23.6 Å². The highest BCUT2D eigenvalue weighted by molar-refractivity contribution is 5.99. The van der Waals surface area contributed by atoms with E-state index in [-0.39, 0.29) is 17.4 Å². The smallest absolute Gasteiger partial charge is 0.407 e. The molecule has 1 amide bonds. The molecule has 1 aliphatic heterocycles. The number of ether oxygens (including phenoxy) is 1. The molecular weight excluding hydrogens is 285 g/mol. The van der Waals surface area contributed by atoms with Crippen LogP contribution in [-0.4, -0.2) is 25.2 Å². The van der Waals surface area contributed by atoms with Gasteiger partial charge in [0.25, 0.3) is 5.91 Å². The Morgan fingerprint density at radius 3 is 2.48 bits per heavy atom. The van der Waals surface area contributed by atoms with Crippen LogP contribution in [0.2, 0.25) is 0 Å². The van der Waals surface area contributed by atoms with Gasteiger partial charge in [-0.2, -0.15) is 13.2 Å². The van der Waals surface area contributed by atoms with Gasteiger partial charge < -0.3 is 15.4 Å². The molecule has 2 N–H and O–H groups in total. The van der Waals surface area contributed by atoms with Gasteiger partial charge in [0.1, 0.15) is 11.8 Å². The van der Waals surface area contributed by atoms with Crippen LogP contribution in [0.15, 0.2) is 18.2 Å². The second-order valence-corrected chi connectivity index (χ2v) is 5.43. The molecule has 0 spiro atoms. The van der Waals surface area contributed by atoms with E-state index < -0.39 is 18.3 Å². The quantitative estimate of drug-likeness (QED) is 0.913. The molecule has 1 aliphatic rings. The van der Waals surface area contributed by atoms with Crippen LogP contribution in [0.5, 0.6) is 5.75 Å². The standard InChI is InChI=1S/C14H17F3N2O2/c1-7(2)11-13(20)19(3)9-6-8(4-5-10(9)21-11)12(18)14(15,16)17/h4-7,11-12H,18H2,1-3H3. The number of rotatable bonds is 2. The van der Waals surface area contributed by atoms with Gasteiger partial charge in [0.05, 0.1) is 5.69 Å². The predicted molar refractivity (Wildman–Crippen MR) is 72.1 cm³/mol. The van der Waals surface area contributed by atoms with Crippen molar-refractivity contribution in [3.63, 3.8) is 0 Å². The van der Waals surface area contributed by atoms with Crippen molar-refractivity contribution in [2.24, 2.45) is 11.7 Å². The number of halogens is 3. The molecule has 0 fully saturated rings. The summed E-state index contributed by atoms with van der Waals surface area (Å²) in [5.74, 6) is 0.0642. The average molecular weight is 302 g/mol. The second-order valence-electron chi connectivity index (χ2n) is 5.43. The zero-order chi connectivity index (χ0) is 15.9. The molecule has 1 aromatic carbocycles. The molecule has 7 heteroatoms. The third-order valence-electron chi connectivity index (χ3n) is 3.49. The van der Waals surface area contributed by atoms with Crippen molar-refractivity contribution in [1.82, 2.24) is 0 Å². The number of hydrogen-bond donors (Lipinski definition) is 1. The van der Waals surface area contributed by atoms with Crippen LogP contribution in [0.3, 0.4) is 0 Å². The lowest BCUT2D eigenvalue weighted by Gasteiger charge is -2.34. The first kappa shape index (κ1) is 15.6. The van der Waals surface area contributed by atoms with E-state index in [2.05, 4.69) is 0 Å². The number of carbonyl (C=O) groups is 1. The van der Waals surface area contributed by atoms with E-state index in [1.807, 2.05) is 13.8 Å². The van der Waals surface area contributed by atoms with E-state index in [4.69, 9.17) is 10.5 Å². The Bertz CT molecular complexity index is 558. The van der Waals surface area contributed by atoms with Gasteiger partial charge in [-0.15, -0.1) is 0 Å². The predicted octanol–water partition coefficient (Wildman–Crippen LogP) is 2.63. The number of fused-ring (bicyclic) bond motifs is 1. The number of anilines is 1. The monoisotopic (exact) mass is 302 g/mol. The SMILES string of the molecule is CC(C)C1Oc2ccc(C(N)C(F)(F)F)cc2N(C)C1=O. The Labute approximate surface area is 120 Å². The van der Waals surface area contributed by atoms with Crippen LogP contribution in [0.4, 0.5) is 18.9 Å². The fourth-order valence-electron chi connectivity index (χ4n) is 2.20. The molecule has 2 unspecified atom stereocenters. The van der Waals surface area contributed by atoms with Gasteiger partial charge in [0.2, 0.25) is 0 Å². The average Bonchev–Trinajstić information content (AvgIpc) is 2.40. The summed E-state index contributed by atoms with van der Waals surface area (Å²) in [7, 11) is 1.52. The number of hydrogen-bond acceptors (Lipinski definition) is 3. The van der Waals surface area contributed by atoms with Gasteiger partial charge in [-0.3, -0.25) is 4.79 Å². The minimum Gasteiger partial charge on any atom is -0.478 e. The Hall–Kier alpha value is -1.76. The molecule has 1 aromatic rings. The first-order valence-electron chi connectivity index (χ1n) is 6.53. The highest BCUT2D eigenvalue weighted by Crippen LogP contribution is 2.39. The number of amides is 1. The molecule has 0 radical (unpaired) electrons. The van der Waals surface area contributed by atoms with Crippen molar-refractivity contribution in [2.45, 2.75) is 32.2 Å².